The first-order valence-corrected chi connectivity index (χ1v) is 9.30. The summed E-state index contributed by atoms with van der Waals surface area (Å²) >= 11 is 0. The van der Waals surface area contributed by atoms with Gasteiger partial charge in [-0.05, 0) is 26.9 Å². The van der Waals surface area contributed by atoms with E-state index in [9.17, 15) is 4.79 Å². The summed E-state index contributed by atoms with van der Waals surface area (Å²) in [5.74, 6) is 0.490. The highest BCUT2D eigenvalue weighted by molar-refractivity contribution is 5.99. The molecule has 0 bridgehead atoms. The van der Waals surface area contributed by atoms with Gasteiger partial charge in [-0.15, -0.1) is 0 Å². The molecule has 0 saturated carbocycles. The molecular formula is C18H26N8O. The van der Waals surface area contributed by atoms with Crippen LogP contribution >= 0.6 is 0 Å². The third-order valence-corrected chi connectivity index (χ3v) is 4.64. The number of aromatic nitrogens is 6. The molecule has 0 aliphatic rings. The summed E-state index contributed by atoms with van der Waals surface area (Å²) in [6.07, 6.45) is 6.78. The summed E-state index contributed by atoms with van der Waals surface area (Å²) in [6, 6.07) is -0.267. The second kappa shape index (κ2) is 8.26. The fourth-order valence-corrected chi connectivity index (χ4v) is 3.05. The van der Waals surface area contributed by atoms with Crippen molar-refractivity contribution in [3.05, 3.63) is 41.9 Å². The molecule has 1 atom stereocenters. The first-order valence-electron chi connectivity index (χ1n) is 9.30. The number of nitrogens with one attached hydrogen (secondary N) is 1. The van der Waals surface area contributed by atoms with Gasteiger partial charge in [-0.2, -0.15) is 10.2 Å². The number of nitrogens with zero attached hydrogens (tertiary/aromatic N) is 7. The molecule has 27 heavy (non-hydrogen) atoms. The Labute approximate surface area is 158 Å². The molecule has 0 radical (unpaired) electrons. The molecule has 0 saturated heterocycles. The van der Waals surface area contributed by atoms with Crippen LogP contribution in [0.1, 0.15) is 55.5 Å². The Balaban J connectivity index is 1.77. The minimum Gasteiger partial charge on any atom is -0.342 e. The lowest BCUT2D eigenvalue weighted by Crippen LogP contribution is -2.29. The lowest BCUT2D eigenvalue weighted by atomic mass is 10.2. The number of carbonyl (C=O) groups is 1. The van der Waals surface area contributed by atoms with Gasteiger partial charge in [0.05, 0.1) is 12.2 Å². The predicted molar refractivity (Wildman–Crippen MR) is 101 cm³/mol. The lowest BCUT2D eigenvalue weighted by molar-refractivity contribution is 0.0939. The van der Waals surface area contributed by atoms with Crippen LogP contribution in [-0.2, 0) is 13.1 Å². The first kappa shape index (κ1) is 19.0. The lowest BCUT2D eigenvalue weighted by Gasteiger charge is -2.17. The van der Waals surface area contributed by atoms with Gasteiger partial charge in [-0.1, -0.05) is 13.8 Å². The molecule has 0 aliphatic heterocycles. The van der Waals surface area contributed by atoms with E-state index in [1.165, 1.54) is 6.33 Å². The third-order valence-electron chi connectivity index (χ3n) is 4.64. The van der Waals surface area contributed by atoms with Gasteiger partial charge in [0.1, 0.15) is 17.7 Å². The van der Waals surface area contributed by atoms with Crippen LogP contribution in [0.15, 0.2) is 24.9 Å². The Morgan fingerprint density at radius 3 is 2.67 bits per heavy atom. The highest BCUT2D eigenvalue weighted by atomic mass is 16.1. The smallest absolute Gasteiger partial charge is 0.257 e. The molecule has 0 spiro atoms. The van der Waals surface area contributed by atoms with Crippen molar-refractivity contribution < 1.29 is 4.79 Å². The molecule has 3 aromatic heterocycles. The maximum Gasteiger partial charge on any atom is 0.257 e. The van der Waals surface area contributed by atoms with Gasteiger partial charge in [-0.25, -0.2) is 19.2 Å². The Morgan fingerprint density at radius 1 is 1.19 bits per heavy atom. The standard InChI is InChI=1S/C18H26N8O/c1-5-24(6-2)10-14-8-19-17-15(9-21-26(17)11-14)18(27)23-13(4)16-20-12-22-25(16)7-3/h8-9,11-13H,5-7,10H2,1-4H3,(H,23,27)/t13-/m0/s1. The van der Waals surface area contributed by atoms with Gasteiger partial charge in [0.15, 0.2) is 5.65 Å². The van der Waals surface area contributed by atoms with Gasteiger partial charge >= 0.3 is 0 Å². The molecule has 0 aromatic carbocycles. The van der Waals surface area contributed by atoms with Crippen LogP contribution in [0.5, 0.6) is 0 Å². The van der Waals surface area contributed by atoms with E-state index in [-0.39, 0.29) is 11.9 Å². The summed E-state index contributed by atoms with van der Waals surface area (Å²) in [4.78, 5) is 23.7. The van der Waals surface area contributed by atoms with Crippen molar-refractivity contribution in [3.63, 3.8) is 0 Å². The van der Waals surface area contributed by atoms with Crippen LogP contribution in [0, 0.1) is 0 Å². The van der Waals surface area contributed by atoms with E-state index in [0.717, 1.165) is 31.0 Å². The summed E-state index contributed by atoms with van der Waals surface area (Å²) < 4.78 is 3.42. The molecule has 0 fully saturated rings. The number of aryl methyl sites for hydroxylation is 1. The number of hydrogen-bond acceptors (Lipinski definition) is 6. The number of hydrogen-bond donors (Lipinski definition) is 1. The van der Waals surface area contributed by atoms with E-state index in [1.807, 2.05) is 26.2 Å². The highest BCUT2D eigenvalue weighted by Crippen LogP contribution is 2.14. The molecule has 3 aromatic rings. The fourth-order valence-electron chi connectivity index (χ4n) is 3.05. The Morgan fingerprint density at radius 2 is 1.96 bits per heavy atom. The molecule has 3 heterocycles. The van der Waals surface area contributed by atoms with Crippen LogP contribution in [0.3, 0.4) is 0 Å². The van der Waals surface area contributed by atoms with Crippen LogP contribution in [0.4, 0.5) is 0 Å². The van der Waals surface area contributed by atoms with E-state index in [0.29, 0.717) is 17.8 Å². The fraction of sp³-hybridized carbons (Fsp3) is 0.500. The SMILES string of the molecule is CCN(CC)Cc1cnc2c(C(=O)N[C@@H](C)c3ncnn3CC)cnn2c1. The van der Waals surface area contributed by atoms with Crippen molar-refractivity contribution in [2.24, 2.45) is 0 Å². The zero-order valence-electron chi connectivity index (χ0n) is 16.3. The zero-order valence-corrected chi connectivity index (χ0v) is 16.3. The molecule has 9 heteroatoms. The normalized spacial score (nSPS) is 12.6. The maximum atomic E-state index is 12.7. The van der Waals surface area contributed by atoms with Crippen LogP contribution < -0.4 is 5.32 Å². The van der Waals surface area contributed by atoms with Crippen molar-refractivity contribution in [1.82, 2.24) is 39.6 Å². The molecular weight excluding hydrogens is 344 g/mol. The van der Waals surface area contributed by atoms with Crippen molar-refractivity contribution >= 4 is 11.6 Å². The molecule has 3 rings (SSSR count). The van der Waals surface area contributed by atoms with Crippen molar-refractivity contribution in [2.75, 3.05) is 13.1 Å². The molecule has 1 amide bonds. The monoisotopic (exact) mass is 370 g/mol. The summed E-state index contributed by atoms with van der Waals surface area (Å²) in [6.45, 7) is 11.6. The van der Waals surface area contributed by atoms with Crippen LogP contribution in [0.2, 0.25) is 0 Å². The molecule has 9 nitrogen and oxygen atoms in total. The Bertz CT molecular complexity index is 911. The van der Waals surface area contributed by atoms with E-state index < -0.39 is 0 Å². The first-order chi connectivity index (χ1) is 13.1. The number of carbonyl (C=O) groups excluding carboxylic acids is 1. The van der Waals surface area contributed by atoms with E-state index in [2.05, 4.69) is 44.2 Å². The minimum absolute atomic E-state index is 0.229. The summed E-state index contributed by atoms with van der Waals surface area (Å²) in [5, 5.41) is 11.4. The minimum atomic E-state index is -0.267. The molecule has 144 valence electrons. The Kier molecular flexibility index (Phi) is 5.80. The molecule has 0 unspecified atom stereocenters. The van der Waals surface area contributed by atoms with Crippen molar-refractivity contribution in [1.29, 1.82) is 0 Å². The van der Waals surface area contributed by atoms with E-state index in [4.69, 9.17) is 0 Å². The zero-order chi connectivity index (χ0) is 19.4. The average Bonchev–Trinajstić information content (AvgIpc) is 3.32. The largest absolute Gasteiger partial charge is 0.342 e. The van der Waals surface area contributed by atoms with Crippen LogP contribution in [-0.4, -0.2) is 53.3 Å². The van der Waals surface area contributed by atoms with Gasteiger partial charge in [0.2, 0.25) is 0 Å². The second-order valence-electron chi connectivity index (χ2n) is 6.38. The molecule has 1 N–H and O–H groups in total. The number of rotatable bonds is 8. The average molecular weight is 370 g/mol. The summed E-state index contributed by atoms with van der Waals surface area (Å²) in [5.41, 5.74) is 2.05. The van der Waals surface area contributed by atoms with Crippen molar-refractivity contribution in [2.45, 2.75) is 46.8 Å². The van der Waals surface area contributed by atoms with Crippen LogP contribution in [0.25, 0.3) is 5.65 Å². The van der Waals surface area contributed by atoms with Gasteiger partial charge < -0.3 is 5.32 Å². The number of amides is 1. The predicted octanol–water partition coefficient (Wildman–Crippen LogP) is 1.67. The molecule has 0 aliphatic carbocycles. The van der Waals surface area contributed by atoms with Crippen molar-refractivity contribution in [3.8, 4) is 0 Å². The number of fused-ring (bicyclic) bond motifs is 1. The quantitative estimate of drug-likeness (QED) is 0.648. The van der Waals surface area contributed by atoms with E-state index >= 15 is 0 Å². The van der Waals surface area contributed by atoms with Gasteiger partial charge in [-0.3, -0.25) is 9.69 Å². The Hall–Kier alpha value is -2.81. The van der Waals surface area contributed by atoms with Gasteiger partial charge in [0.25, 0.3) is 5.91 Å². The second-order valence-corrected chi connectivity index (χ2v) is 6.38. The maximum absolute atomic E-state index is 12.7. The summed E-state index contributed by atoms with van der Waals surface area (Å²) in [7, 11) is 0. The van der Waals surface area contributed by atoms with Gasteiger partial charge in [0, 0.05) is 31.0 Å². The highest BCUT2D eigenvalue weighted by Gasteiger charge is 2.19. The topological polar surface area (TPSA) is 93.2 Å². The van der Waals surface area contributed by atoms with E-state index in [1.54, 1.807) is 15.4 Å². The third kappa shape index (κ3) is 3.97.